The van der Waals surface area contributed by atoms with Crippen LogP contribution in [-0.2, 0) is 65.4 Å². The van der Waals surface area contributed by atoms with Crippen molar-refractivity contribution < 1.29 is 80.2 Å². The summed E-state index contributed by atoms with van der Waals surface area (Å²) in [5.41, 5.74) is 0. The quantitative estimate of drug-likeness (QED) is 0.0169. The van der Waals surface area contributed by atoms with Crippen LogP contribution in [0.4, 0.5) is 0 Å². The predicted octanol–water partition coefficient (Wildman–Crippen LogP) is 23.3. The molecule has 0 aliphatic rings. The number of unbranched alkanes of at least 4 members (excludes halogenated alkanes) is 31. The number of rotatable bonds is 75. The van der Waals surface area contributed by atoms with Gasteiger partial charge in [0.05, 0.1) is 26.4 Å². The molecule has 0 radical (unpaired) electrons. The minimum atomic E-state index is -4.98. The van der Waals surface area contributed by atoms with E-state index in [9.17, 15) is 43.2 Å². The third-order valence-electron chi connectivity index (χ3n) is 16.7. The highest BCUT2D eigenvalue weighted by Crippen LogP contribution is 2.45. The third-order valence-corrected chi connectivity index (χ3v) is 18.6. The smallest absolute Gasteiger partial charge is 0.462 e. The summed E-state index contributed by atoms with van der Waals surface area (Å²) in [5, 5.41) is 10.6. The molecule has 0 bridgehead atoms. The van der Waals surface area contributed by atoms with Gasteiger partial charge in [-0.1, -0.05) is 291 Å². The van der Waals surface area contributed by atoms with Crippen molar-refractivity contribution in [1.29, 1.82) is 0 Å². The van der Waals surface area contributed by atoms with Gasteiger partial charge in [0.1, 0.15) is 19.3 Å². The lowest BCUT2D eigenvalue weighted by Crippen LogP contribution is -2.30. The van der Waals surface area contributed by atoms with Gasteiger partial charge in [0.2, 0.25) is 0 Å². The zero-order chi connectivity index (χ0) is 74.6. The van der Waals surface area contributed by atoms with Crippen LogP contribution < -0.4 is 0 Å². The van der Waals surface area contributed by atoms with Crippen molar-refractivity contribution >= 4 is 39.5 Å². The van der Waals surface area contributed by atoms with E-state index in [1.165, 1.54) is 70.6 Å². The van der Waals surface area contributed by atoms with Crippen LogP contribution in [0.15, 0.2) is 109 Å². The minimum Gasteiger partial charge on any atom is -0.462 e. The topological polar surface area (TPSA) is 237 Å². The largest absolute Gasteiger partial charge is 0.472 e. The molecule has 5 atom stereocenters. The maximum absolute atomic E-state index is 13.1. The van der Waals surface area contributed by atoms with E-state index in [1.54, 1.807) is 0 Å². The molecule has 17 nitrogen and oxygen atoms in total. The van der Waals surface area contributed by atoms with Crippen LogP contribution in [0, 0.1) is 0 Å². The highest BCUT2D eigenvalue weighted by Gasteiger charge is 2.30. The Morgan fingerprint density at radius 2 is 0.529 bits per heavy atom. The number of phosphoric acid groups is 2. The molecule has 0 saturated carbocycles. The zero-order valence-electron chi connectivity index (χ0n) is 64.3. The molecule has 19 heteroatoms. The number of phosphoric ester groups is 2. The monoisotopic (exact) mass is 1470 g/mol. The molecule has 0 fully saturated rings. The summed E-state index contributed by atoms with van der Waals surface area (Å²) >= 11 is 0. The minimum absolute atomic E-state index is 0.0721. The normalized spacial score (nSPS) is 14.5. The number of allylic oxidation sites excluding steroid dienone is 18. The summed E-state index contributed by atoms with van der Waals surface area (Å²) in [5.74, 6) is -2.22. The summed E-state index contributed by atoms with van der Waals surface area (Å²) in [6.07, 6.45) is 80.6. The predicted molar refractivity (Wildman–Crippen MR) is 418 cm³/mol. The Hall–Kier alpha value is -4.28. The fraction of sp³-hybridized carbons (Fsp3) is 0.735. The molecule has 0 aromatic carbocycles. The Morgan fingerprint density at radius 3 is 0.843 bits per heavy atom. The van der Waals surface area contributed by atoms with E-state index in [-0.39, 0.29) is 25.7 Å². The van der Waals surface area contributed by atoms with Crippen molar-refractivity contribution in [3.05, 3.63) is 109 Å². The number of aliphatic hydroxyl groups excluding tert-OH is 1. The second-order valence-electron chi connectivity index (χ2n) is 26.6. The average Bonchev–Trinajstić information content (AvgIpc) is 0.907. The van der Waals surface area contributed by atoms with E-state index >= 15 is 0 Å². The maximum atomic E-state index is 13.1. The molecule has 0 aliphatic heterocycles. The number of carbonyl (C=O) groups is 4. The van der Waals surface area contributed by atoms with Crippen molar-refractivity contribution in [2.24, 2.45) is 0 Å². The van der Waals surface area contributed by atoms with Gasteiger partial charge in [0.15, 0.2) is 12.2 Å². The first-order valence-electron chi connectivity index (χ1n) is 40.1. The van der Waals surface area contributed by atoms with Gasteiger partial charge >= 0.3 is 39.5 Å². The molecule has 0 aliphatic carbocycles. The first-order valence-corrected chi connectivity index (χ1v) is 43.1. The highest BCUT2D eigenvalue weighted by atomic mass is 31.2. The molecule has 0 amide bonds. The van der Waals surface area contributed by atoms with Crippen LogP contribution in [0.25, 0.3) is 0 Å². The first-order chi connectivity index (χ1) is 49.7. The number of esters is 4. The van der Waals surface area contributed by atoms with Crippen molar-refractivity contribution in [3.8, 4) is 0 Å². The van der Waals surface area contributed by atoms with E-state index < -0.39 is 97.5 Å². The van der Waals surface area contributed by atoms with Crippen LogP contribution >= 0.6 is 15.6 Å². The number of hydrogen-bond donors (Lipinski definition) is 3. The molecular weight excluding hydrogens is 1330 g/mol. The summed E-state index contributed by atoms with van der Waals surface area (Å²) in [7, 11) is -9.96. The highest BCUT2D eigenvalue weighted by molar-refractivity contribution is 7.47. The first kappa shape index (κ1) is 97.7. The maximum Gasteiger partial charge on any atom is 0.472 e. The van der Waals surface area contributed by atoms with Gasteiger partial charge in [-0.15, -0.1) is 0 Å². The lowest BCUT2D eigenvalue weighted by atomic mass is 10.0. The van der Waals surface area contributed by atoms with Gasteiger partial charge < -0.3 is 33.8 Å². The van der Waals surface area contributed by atoms with Gasteiger partial charge in [0, 0.05) is 25.7 Å². The second kappa shape index (κ2) is 75.0. The van der Waals surface area contributed by atoms with Crippen LogP contribution in [-0.4, -0.2) is 96.7 Å². The van der Waals surface area contributed by atoms with Crippen LogP contribution in [0.3, 0.4) is 0 Å². The van der Waals surface area contributed by atoms with Gasteiger partial charge in [-0.05, 0) is 128 Å². The number of hydrogen-bond acceptors (Lipinski definition) is 15. The summed E-state index contributed by atoms with van der Waals surface area (Å²) in [4.78, 5) is 73.0. The number of carbonyl (C=O) groups excluding carboxylic acids is 4. The second-order valence-corrected chi connectivity index (χ2v) is 29.5. The molecule has 3 N–H and O–H groups in total. The molecule has 0 aromatic heterocycles. The molecule has 5 unspecified atom stereocenters. The molecule has 0 heterocycles. The van der Waals surface area contributed by atoms with Crippen molar-refractivity contribution in [1.82, 2.24) is 0 Å². The molecule has 0 aromatic rings. The molecule has 0 spiro atoms. The fourth-order valence-corrected chi connectivity index (χ4v) is 12.2. The molecule has 0 saturated heterocycles. The van der Waals surface area contributed by atoms with Crippen LogP contribution in [0.5, 0.6) is 0 Å². The van der Waals surface area contributed by atoms with Gasteiger partial charge in [-0.2, -0.15) is 0 Å². The van der Waals surface area contributed by atoms with Gasteiger partial charge in [-0.3, -0.25) is 37.3 Å². The Morgan fingerprint density at radius 1 is 0.284 bits per heavy atom. The number of aliphatic hydroxyl groups is 1. The molecular formula is C83H144O17P2. The van der Waals surface area contributed by atoms with Gasteiger partial charge in [-0.25, -0.2) is 9.13 Å². The van der Waals surface area contributed by atoms with Crippen LogP contribution in [0.2, 0.25) is 0 Å². The van der Waals surface area contributed by atoms with Crippen molar-refractivity contribution in [2.75, 3.05) is 39.6 Å². The van der Waals surface area contributed by atoms with Gasteiger partial charge in [0.25, 0.3) is 0 Å². The van der Waals surface area contributed by atoms with Crippen molar-refractivity contribution in [3.63, 3.8) is 0 Å². The molecule has 0 rings (SSSR count). The Bertz CT molecular complexity index is 2360. The Balaban J connectivity index is 5.35. The zero-order valence-corrected chi connectivity index (χ0v) is 66.0. The Kier molecular flexibility index (Phi) is 71.8. The molecule has 102 heavy (non-hydrogen) atoms. The summed E-state index contributed by atoms with van der Waals surface area (Å²) < 4.78 is 68.6. The SMILES string of the molecule is CC/C=C\C/C=C\C/C=C\C/C=C\CCCCCCC(=O)OCC(COP(=O)(O)OCC(O)COP(=O)(O)OCC(COC(=O)CCCCCCCC/C=C\C/C=C\C/C=C\CCCCC)OC(=O)CCCCCCCCCCCCCCC)OC(=O)CCCCCCC/C=C\C/C=C\CCC. The Labute approximate surface area is 619 Å². The van der Waals surface area contributed by atoms with E-state index in [2.05, 4.69) is 137 Å². The molecule has 588 valence electrons. The third kappa shape index (κ3) is 74.0. The van der Waals surface area contributed by atoms with E-state index in [0.717, 1.165) is 186 Å². The fourth-order valence-electron chi connectivity index (χ4n) is 10.6. The average molecular weight is 1480 g/mol. The van der Waals surface area contributed by atoms with Crippen LogP contribution in [0.1, 0.15) is 336 Å². The summed E-state index contributed by atoms with van der Waals surface area (Å²) in [6, 6.07) is 0. The number of ether oxygens (including phenoxy) is 4. The van der Waals surface area contributed by atoms with E-state index in [4.69, 9.17) is 37.0 Å². The standard InChI is InChI=1S/C83H144O17P2/c1-5-9-13-17-21-25-29-33-35-37-38-40-42-46-48-52-56-60-64-68-81(86)94-74-79(100-83(88)70-66-62-58-54-50-44-32-28-24-20-16-12-8-4)76-98-102(91,92)96-72-77(84)71-95-101(89,90)97-75-78(99-82(87)69-65-61-57-53-49-43-31-27-23-19-15-11-7-3)73-93-80(85)67-63-59-55-51-47-45-41-39-36-34-30-26-22-18-14-10-6-2/h10,14-15,19,21-22,25-27,31,33-36,38,40-41,45,77-79,84H,5-9,11-13,16-18,20,23-24,28-30,32,37,39,42-44,46-76H2,1-4H3,(H,89,90)(H,91,92)/b14-10-,19-15-,25-21-,26-22-,31-27-,35-33-,36-34-,40-38-,45-41-. The van der Waals surface area contributed by atoms with E-state index in [1.807, 2.05) is 0 Å². The van der Waals surface area contributed by atoms with Crippen molar-refractivity contribution in [2.45, 2.75) is 354 Å². The summed E-state index contributed by atoms with van der Waals surface area (Å²) in [6.45, 7) is 4.64. The van der Waals surface area contributed by atoms with E-state index in [0.29, 0.717) is 25.7 Å². The lowest BCUT2D eigenvalue weighted by molar-refractivity contribution is -0.161. The lowest BCUT2D eigenvalue weighted by Gasteiger charge is -2.21.